The van der Waals surface area contributed by atoms with E-state index in [1.807, 2.05) is 0 Å². The van der Waals surface area contributed by atoms with Crippen molar-refractivity contribution in [3.8, 4) is 0 Å². The average Bonchev–Trinajstić information content (AvgIpc) is 1.90. The number of aldehydes is 1. The molecule has 0 amide bonds. The van der Waals surface area contributed by atoms with Crippen molar-refractivity contribution in [2.45, 2.75) is 24.2 Å². The Morgan fingerprint density at radius 3 is 2.78 bits per heavy atom. The van der Waals surface area contributed by atoms with Crippen LogP contribution >= 0.6 is 12.6 Å². The van der Waals surface area contributed by atoms with Gasteiger partial charge in [-0.3, -0.25) is 0 Å². The molecule has 2 atom stereocenters. The fourth-order valence-electron chi connectivity index (χ4n) is 0.865. The molecule has 0 aromatic carbocycles. The van der Waals surface area contributed by atoms with Gasteiger partial charge in [0.25, 0.3) is 0 Å². The van der Waals surface area contributed by atoms with Gasteiger partial charge in [-0.25, -0.2) is 0 Å². The van der Waals surface area contributed by atoms with Crippen molar-refractivity contribution in [2.24, 2.45) is 0 Å². The summed E-state index contributed by atoms with van der Waals surface area (Å²) in [6.07, 6.45) is 2.53. The summed E-state index contributed by atoms with van der Waals surface area (Å²) in [6.45, 7) is 0.618. The molecule has 1 saturated heterocycles. The van der Waals surface area contributed by atoms with Crippen LogP contribution in [0.2, 0.25) is 0 Å². The van der Waals surface area contributed by atoms with E-state index in [-0.39, 0.29) is 6.10 Å². The Morgan fingerprint density at radius 1 is 1.56 bits per heavy atom. The largest absolute Gasteiger partial charge is 0.370 e. The lowest BCUT2D eigenvalue weighted by Gasteiger charge is -2.21. The summed E-state index contributed by atoms with van der Waals surface area (Å²) in [5.41, 5.74) is 0. The van der Waals surface area contributed by atoms with Crippen LogP contribution in [0.1, 0.15) is 12.8 Å². The van der Waals surface area contributed by atoms with Gasteiger partial charge in [0.05, 0.1) is 6.61 Å². The standard InChI is InChI=1S/C6H10O2S/c7-3-5-1-2-6(9)4-8-5/h3,5-6,9H,1-2,4H2. The van der Waals surface area contributed by atoms with Gasteiger partial charge in [0, 0.05) is 5.25 Å². The lowest BCUT2D eigenvalue weighted by molar-refractivity contribution is -0.120. The zero-order chi connectivity index (χ0) is 6.69. The third-order valence-corrected chi connectivity index (χ3v) is 1.85. The van der Waals surface area contributed by atoms with E-state index in [9.17, 15) is 4.79 Å². The highest BCUT2D eigenvalue weighted by Crippen LogP contribution is 2.15. The number of hydrogen-bond acceptors (Lipinski definition) is 3. The molecule has 0 aromatic rings. The topological polar surface area (TPSA) is 26.3 Å². The van der Waals surface area contributed by atoms with Crippen LogP contribution in [-0.4, -0.2) is 24.2 Å². The summed E-state index contributed by atoms with van der Waals surface area (Å²) < 4.78 is 5.09. The Labute approximate surface area is 60.0 Å². The molecule has 1 aliphatic heterocycles. The second-order valence-electron chi connectivity index (χ2n) is 2.24. The number of carbonyl (C=O) groups excluding carboxylic acids is 1. The van der Waals surface area contributed by atoms with Crippen LogP contribution in [0.3, 0.4) is 0 Å². The summed E-state index contributed by atoms with van der Waals surface area (Å²) in [6, 6.07) is 0. The van der Waals surface area contributed by atoms with E-state index in [1.54, 1.807) is 0 Å². The molecule has 2 unspecified atom stereocenters. The SMILES string of the molecule is O=CC1CCC(S)CO1. The van der Waals surface area contributed by atoms with Gasteiger partial charge in [0.2, 0.25) is 0 Å². The highest BCUT2D eigenvalue weighted by Gasteiger charge is 2.17. The summed E-state index contributed by atoms with van der Waals surface area (Å²) in [5, 5.41) is 0.334. The summed E-state index contributed by atoms with van der Waals surface area (Å²) in [5.74, 6) is 0. The molecule has 0 saturated carbocycles. The summed E-state index contributed by atoms with van der Waals surface area (Å²) in [4.78, 5) is 10.1. The van der Waals surface area contributed by atoms with Gasteiger partial charge >= 0.3 is 0 Å². The Balaban J connectivity index is 2.26. The van der Waals surface area contributed by atoms with Gasteiger partial charge in [-0.2, -0.15) is 12.6 Å². The zero-order valence-electron chi connectivity index (χ0n) is 5.12. The molecule has 0 radical (unpaired) electrons. The van der Waals surface area contributed by atoms with E-state index in [0.717, 1.165) is 19.1 Å². The van der Waals surface area contributed by atoms with Crippen LogP contribution in [0.4, 0.5) is 0 Å². The Bertz CT molecular complexity index is 97.2. The van der Waals surface area contributed by atoms with E-state index >= 15 is 0 Å². The predicted octanol–water partition coefficient (Wildman–Crippen LogP) is 0.663. The zero-order valence-corrected chi connectivity index (χ0v) is 6.01. The Morgan fingerprint density at radius 2 is 2.33 bits per heavy atom. The minimum atomic E-state index is -0.159. The van der Waals surface area contributed by atoms with Crippen LogP contribution in [0.25, 0.3) is 0 Å². The smallest absolute Gasteiger partial charge is 0.148 e. The molecule has 0 aromatic heterocycles. The Kier molecular flexibility index (Phi) is 2.54. The van der Waals surface area contributed by atoms with E-state index in [2.05, 4.69) is 12.6 Å². The second kappa shape index (κ2) is 3.22. The van der Waals surface area contributed by atoms with Crippen molar-refractivity contribution in [3.63, 3.8) is 0 Å². The maximum Gasteiger partial charge on any atom is 0.148 e. The molecule has 0 bridgehead atoms. The number of rotatable bonds is 1. The highest BCUT2D eigenvalue weighted by molar-refractivity contribution is 7.81. The first-order valence-corrected chi connectivity index (χ1v) is 3.59. The first kappa shape index (κ1) is 7.09. The van der Waals surface area contributed by atoms with Crippen molar-refractivity contribution in [2.75, 3.05) is 6.61 Å². The second-order valence-corrected chi connectivity index (χ2v) is 2.97. The maximum atomic E-state index is 10.1. The fourth-order valence-corrected chi connectivity index (χ4v) is 1.10. The molecule has 9 heavy (non-hydrogen) atoms. The van der Waals surface area contributed by atoms with Crippen molar-refractivity contribution in [3.05, 3.63) is 0 Å². The van der Waals surface area contributed by atoms with Gasteiger partial charge < -0.3 is 9.53 Å². The number of carbonyl (C=O) groups is 1. The maximum absolute atomic E-state index is 10.1. The number of hydrogen-bond donors (Lipinski definition) is 1. The number of thiol groups is 1. The highest BCUT2D eigenvalue weighted by atomic mass is 32.1. The molecular weight excluding hydrogens is 136 g/mol. The van der Waals surface area contributed by atoms with E-state index < -0.39 is 0 Å². The van der Waals surface area contributed by atoms with Crippen molar-refractivity contribution in [1.82, 2.24) is 0 Å². The Hall–Kier alpha value is -0.0200. The molecule has 52 valence electrons. The molecule has 0 N–H and O–H groups in total. The van der Waals surface area contributed by atoms with Crippen molar-refractivity contribution < 1.29 is 9.53 Å². The third-order valence-electron chi connectivity index (χ3n) is 1.44. The monoisotopic (exact) mass is 146 g/mol. The lowest BCUT2D eigenvalue weighted by Crippen LogP contribution is -2.27. The van der Waals surface area contributed by atoms with Crippen LogP contribution in [-0.2, 0) is 9.53 Å². The quantitative estimate of drug-likeness (QED) is 0.434. The van der Waals surface area contributed by atoms with Crippen LogP contribution in [0, 0.1) is 0 Å². The molecule has 1 aliphatic rings. The van der Waals surface area contributed by atoms with Crippen molar-refractivity contribution >= 4 is 18.9 Å². The molecule has 0 aliphatic carbocycles. The first-order valence-electron chi connectivity index (χ1n) is 3.08. The molecular formula is C6H10O2S. The number of ether oxygens (including phenoxy) is 1. The molecule has 3 heteroatoms. The van der Waals surface area contributed by atoms with Gasteiger partial charge in [0.1, 0.15) is 12.4 Å². The van der Waals surface area contributed by atoms with Crippen LogP contribution in [0.15, 0.2) is 0 Å². The molecule has 0 spiro atoms. The van der Waals surface area contributed by atoms with Gasteiger partial charge in [-0.1, -0.05) is 0 Å². The molecule has 2 nitrogen and oxygen atoms in total. The third kappa shape index (κ3) is 1.99. The first-order chi connectivity index (χ1) is 4.33. The van der Waals surface area contributed by atoms with Gasteiger partial charge in [-0.05, 0) is 12.8 Å². The minimum Gasteiger partial charge on any atom is -0.370 e. The normalized spacial score (nSPS) is 36.1. The molecule has 1 heterocycles. The molecule has 1 fully saturated rings. The van der Waals surface area contributed by atoms with E-state index in [0.29, 0.717) is 11.9 Å². The predicted molar refractivity (Wildman–Crippen MR) is 37.8 cm³/mol. The van der Waals surface area contributed by atoms with Gasteiger partial charge in [-0.15, -0.1) is 0 Å². The van der Waals surface area contributed by atoms with E-state index in [1.165, 1.54) is 0 Å². The average molecular weight is 146 g/mol. The van der Waals surface area contributed by atoms with E-state index in [4.69, 9.17) is 4.74 Å². The molecule has 1 rings (SSSR count). The van der Waals surface area contributed by atoms with Crippen molar-refractivity contribution in [1.29, 1.82) is 0 Å². The van der Waals surface area contributed by atoms with Crippen LogP contribution in [0.5, 0.6) is 0 Å². The lowest BCUT2D eigenvalue weighted by atomic mass is 10.1. The summed E-state index contributed by atoms with van der Waals surface area (Å²) in [7, 11) is 0. The summed E-state index contributed by atoms with van der Waals surface area (Å²) >= 11 is 4.20. The van der Waals surface area contributed by atoms with Crippen LogP contribution < -0.4 is 0 Å². The fraction of sp³-hybridized carbons (Fsp3) is 0.833. The minimum absolute atomic E-state index is 0.159. The van der Waals surface area contributed by atoms with Gasteiger partial charge in [0.15, 0.2) is 0 Å².